The average Bonchev–Trinajstić information content (AvgIpc) is 2.54. The summed E-state index contributed by atoms with van der Waals surface area (Å²) in [6, 6.07) is 15.4. The molecule has 4 heteroatoms. The Kier molecular flexibility index (Phi) is 4.85. The Bertz CT molecular complexity index is 635. The topological polar surface area (TPSA) is 63.4 Å². The average molecular weight is 282 g/mol. The molecule has 1 amide bonds. The molecule has 2 aromatic carbocycles. The van der Waals surface area contributed by atoms with Crippen molar-refractivity contribution in [2.24, 2.45) is 5.73 Å². The lowest BCUT2D eigenvalue weighted by atomic mass is 10.0. The van der Waals surface area contributed by atoms with Crippen molar-refractivity contribution in [2.45, 2.75) is 6.54 Å². The van der Waals surface area contributed by atoms with E-state index in [0.717, 1.165) is 23.0 Å². The van der Waals surface area contributed by atoms with Crippen LogP contribution in [0.25, 0.3) is 11.1 Å². The van der Waals surface area contributed by atoms with Gasteiger partial charge in [0.25, 0.3) is 0 Å². The third-order valence-corrected chi connectivity index (χ3v) is 3.33. The summed E-state index contributed by atoms with van der Waals surface area (Å²) in [4.78, 5) is 23.8. The summed E-state index contributed by atoms with van der Waals surface area (Å²) in [7, 11) is 1.74. The molecule has 108 valence electrons. The summed E-state index contributed by atoms with van der Waals surface area (Å²) >= 11 is 0. The first-order chi connectivity index (χ1) is 10.1. The highest BCUT2D eigenvalue weighted by Crippen LogP contribution is 2.21. The summed E-state index contributed by atoms with van der Waals surface area (Å²) in [5, 5.41) is 0. The molecule has 0 aromatic heterocycles. The van der Waals surface area contributed by atoms with Gasteiger partial charge in [0.15, 0.2) is 0 Å². The zero-order valence-corrected chi connectivity index (χ0v) is 12.0. The number of likely N-dealkylation sites (N-methyl/N-ethyl adjacent to an activating group) is 1. The normalized spacial score (nSPS) is 10.2. The fourth-order valence-corrected chi connectivity index (χ4v) is 2.12. The molecule has 0 heterocycles. The minimum absolute atomic E-state index is 0.0172. The summed E-state index contributed by atoms with van der Waals surface area (Å²) in [6.07, 6.45) is 0.827. The van der Waals surface area contributed by atoms with Gasteiger partial charge in [0.1, 0.15) is 6.29 Å². The van der Waals surface area contributed by atoms with Crippen molar-refractivity contribution in [3.8, 4) is 11.1 Å². The molecule has 2 rings (SSSR count). The second-order valence-corrected chi connectivity index (χ2v) is 4.89. The SMILES string of the molecule is CN(Cc1cccc(-c2ccc(C=O)cc2)c1)C(=O)CN. The number of carbonyl (C=O) groups excluding carboxylic acids is 2. The summed E-state index contributed by atoms with van der Waals surface area (Å²) in [6.45, 7) is 0.541. The lowest BCUT2D eigenvalue weighted by Crippen LogP contribution is -2.32. The van der Waals surface area contributed by atoms with Gasteiger partial charge in [0, 0.05) is 19.2 Å². The van der Waals surface area contributed by atoms with Gasteiger partial charge in [-0.25, -0.2) is 0 Å². The van der Waals surface area contributed by atoms with E-state index in [9.17, 15) is 9.59 Å². The minimum Gasteiger partial charge on any atom is -0.340 e. The number of nitrogens with two attached hydrogens (primary N) is 1. The molecule has 4 nitrogen and oxygen atoms in total. The van der Waals surface area contributed by atoms with Crippen molar-refractivity contribution in [3.63, 3.8) is 0 Å². The maximum atomic E-state index is 11.5. The van der Waals surface area contributed by atoms with Gasteiger partial charge in [-0.1, -0.05) is 42.5 Å². The molecule has 0 aliphatic carbocycles. The van der Waals surface area contributed by atoms with Crippen LogP contribution in [0, 0.1) is 0 Å². The van der Waals surface area contributed by atoms with Crippen LogP contribution in [0.1, 0.15) is 15.9 Å². The van der Waals surface area contributed by atoms with Crippen LogP contribution in [0.4, 0.5) is 0 Å². The van der Waals surface area contributed by atoms with E-state index in [-0.39, 0.29) is 12.5 Å². The van der Waals surface area contributed by atoms with E-state index in [0.29, 0.717) is 12.1 Å². The van der Waals surface area contributed by atoms with Gasteiger partial charge in [-0.2, -0.15) is 0 Å². The highest BCUT2D eigenvalue weighted by atomic mass is 16.2. The number of hydrogen-bond acceptors (Lipinski definition) is 3. The van der Waals surface area contributed by atoms with Crippen molar-refractivity contribution in [2.75, 3.05) is 13.6 Å². The molecule has 0 radical (unpaired) electrons. The van der Waals surface area contributed by atoms with Crippen LogP contribution in [0.15, 0.2) is 48.5 Å². The molecule has 0 atom stereocenters. The van der Waals surface area contributed by atoms with Gasteiger partial charge in [-0.05, 0) is 22.8 Å². The number of hydrogen-bond donors (Lipinski definition) is 1. The first-order valence-corrected chi connectivity index (χ1v) is 6.72. The number of benzene rings is 2. The Hall–Kier alpha value is -2.46. The van der Waals surface area contributed by atoms with E-state index in [1.807, 2.05) is 36.4 Å². The first-order valence-electron chi connectivity index (χ1n) is 6.72. The third kappa shape index (κ3) is 3.77. The van der Waals surface area contributed by atoms with E-state index in [4.69, 9.17) is 5.73 Å². The molecule has 0 aliphatic heterocycles. The Labute approximate surface area is 124 Å². The predicted octanol–water partition coefficient (Wildman–Crippen LogP) is 2.08. The number of nitrogens with zero attached hydrogens (tertiary/aromatic N) is 1. The minimum atomic E-state index is -0.0873. The first kappa shape index (κ1) is 14.9. The van der Waals surface area contributed by atoms with Gasteiger partial charge >= 0.3 is 0 Å². The molecule has 0 spiro atoms. The zero-order chi connectivity index (χ0) is 15.2. The van der Waals surface area contributed by atoms with Gasteiger partial charge in [-0.3, -0.25) is 9.59 Å². The van der Waals surface area contributed by atoms with Crippen LogP contribution in [-0.4, -0.2) is 30.7 Å². The second kappa shape index (κ2) is 6.81. The van der Waals surface area contributed by atoms with Gasteiger partial charge in [-0.15, -0.1) is 0 Å². The predicted molar refractivity (Wildman–Crippen MR) is 82.8 cm³/mol. The van der Waals surface area contributed by atoms with Crippen LogP contribution >= 0.6 is 0 Å². The monoisotopic (exact) mass is 282 g/mol. The molecular formula is C17H18N2O2. The smallest absolute Gasteiger partial charge is 0.236 e. The molecule has 2 aromatic rings. The van der Waals surface area contributed by atoms with Gasteiger partial charge < -0.3 is 10.6 Å². The van der Waals surface area contributed by atoms with E-state index in [2.05, 4.69) is 0 Å². The number of amides is 1. The molecule has 0 aliphatic rings. The fourth-order valence-electron chi connectivity index (χ4n) is 2.12. The molecule has 0 saturated carbocycles. The lowest BCUT2D eigenvalue weighted by Gasteiger charge is -2.16. The number of carbonyl (C=O) groups is 2. The van der Waals surface area contributed by atoms with E-state index in [1.165, 1.54) is 0 Å². The van der Waals surface area contributed by atoms with Crippen LogP contribution in [0.3, 0.4) is 0 Å². The van der Waals surface area contributed by atoms with Crippen molar-refractivity contribution < 1.29 is 9.59 Å². The Balaban J connectivity index is 2.20. The van der Waals surface area contributed by atoms with E-state index >= 15 is 0 Å². The summed E-state index contributed by atoms with van der Waals surface area (Å²) in [5.74, 6) is -0.0873. The zero-order valence-electron chi connectivity index (χ0n) is 12.0. The maximum Gasteiger partial charge on any atom is 0.236 e. The fraction of sp³-hybridized carbons (Fsp3) is 0.176. The van der Waals surface area contributed by atoms with Gasteiger partial charge in [0.05, 0.1) is 6.54 Å². The molecule has 2 N–H and O–H groups in total. The van der Waals surface area contributed by atoms with Crippen molar-refractivity contribution >= 4 is 12.2 Å². The Morgan fingerprint density at radius 3 is 2.48 bits per heavy atom. The molecule has 0 unspecified atom stereocenters. The van der Waals surface area contributed by atoms with Gasteiger partial charge in [0.2, 0.25) is 5.91 Å². The van der Waals surface area contributed by atoms with Crippen LogP contribution in [-0.2, 0) is 11.3 Å². The Morgan fingerprint density at radius 1 is 1.14 bits per heavy atom. The van der Waals surface area contributed by atoms with Crippen molar-refractivity contribution in [1.29, 1.82) is 0 Å². The molecule has 21 heavy (non-hydrogen) atoms. The molecule has 0 saturated heterocycles. The van der Waals surface area contributed by atoms with E-state index < -0.39 is 0 Å². The molecule has 0 bridgehead atoms. The van der Waals surface area contributed by atoms with Crippen LogP contribution in [0.5, 0.6) is 0 Å². The van der Waals surface area contributed by atoms with Crippen molar-refractivity contribution in [3.05, 3.63) is 59.7 Å². The standard InChI is InChI=1S/C17H18N2O2/c1-19(17(21)10-18)11-14-3-2-4-16(9-14)15-7-5-13(12-20)6-8-15/h2-9,12H,10-11,18H2,1H3. The second-order valence-electron chi connectivity index (χ2n) is 4.89. The highest BCUT2D eigenvalue weighted by Gasteiger charge is 2.07. The van der Waals surface area contributed by atoms with Crippen molar-refractivity contribution in [1.82, 2.24) is 4.90 Å². The Morgan fingerprint density at radius 2 is 1.86 bits per heavy atom. The molecular weight excluding hydrogens is 264 g/mol. The molecule has 0 fully saturated rings. The number of rotatable bonds is 5. The highest BCUT2D eigenvalue weighted by molar-refractivity contribution is 5.78. The van der Waals surface area contributed by atoms with Crippen LogP contribution < -0.4 is 5.73 Å². The van der Waals surface area contributed by atoms with E-state index in [1.54, 1.807) is 24.1 Å². The third-order valence-electron chi connectivity index (χ3n) is 3.33. The maximum absolute atomic E-state index is 11.5. The van der Waals surface area contributed by atoms with Crippen LogP contribution in [0.2, 0.25) is 0 Å². The summed E-state index contributed by atoms with van der Waals surface area (Å²) in [5.41, 5.74) is 9.14. The number of aldehydes is 1. The quantitative estimate of drug-likeness (QED) is 0.854. The summed E-state index contributed by atoms with van der Waals surface area (Å²) < 4.78 is 0. The largest absolute Gasteiger partial charge is 0.340 e. The lowest BCUT2D eigenvalue weighted by molar-refractivity contribution is -0.128.